The fourth-order valence-electron chi connectivity index (χ4n) is 3.23. The van der Waals surface area contributed by atoms with E-state index in [1.54, 1.807) is 0 Å². The van der Waals surface area contributed by atoms with Gasteiger partial charge in [0.25, 0.3) is 5.91 Å². The van der Waals surface area contributed by atoms with Crippen LogP contribution in [0.3, 0.4) is 0 Å². The Balaban J connectivity index is 2.01. The highest BCUT2D eigenvalue weighted by Crippen LogP contribution is 2.44. The van der Waals surface area contributed by atoms with E-state index in [0.29, 0.717) is 16.3 Å². The van der Waals surface area contributed by atoms with Gasteiger partial charge in [-0.2, -0.15) is 0 Å². The molecule has 1 unspecified atom stereocenters. The lowest BCUT2D eigenvalue weighted by Crippen LogP contribution is -2.36. The number of hydrogen-bond acceptors (Lipinski definition) is 3. The molecule has 6 heteroatoms. The number of halogens is 2. The molecule has 4 nitrogen and oxygen atoms in total. The zero-order chi connectivity index (χ0) is 19.2. The summed E-state index contributed by atoms with van der Waals surface area (Å²) in [5.74, 6) is -0.735. The normalized spacial score (nSPS) is 18.8. The minimum absolute atomic E-state index is 0.147. The molecule has 0 aromatic heterocycles. The fraction of sp³-hybridized carbons (Fsp3) is 0.300. The molecular formula is C20H19Cl2NO3. The maximum absolute atomic E-state index is 12.9. The fourth-order valence-corrected chi connectivity index (χ4v) is 3.88. The molecule has 26 heavy (non-hydrogen) atoms. The Hall–Kier alpha value is -1.88. The third-order valence-electron chi connectivity index (χ3n) is 4.74. The van der Waals surface area contributed by atoms with Gasteiger partial charge in [-0.15, -0.1) is 0 Å². The number of amides is 1. The van der Waals surface area contributed by atoms with Crippen molar-refractivity contribution in [1.29, 1.82) is 0 Å². The number of carbonyl (C=O) groups excluding carboxylic acids is 2. The summed E-state index contributed by atoms with van der Waals surface area (Å²) in [5, 5.41) is 14.1. The molecule has 1 aliphatic rings. The smallest absolute Gasteiger partial charge is 0.261 e. The van der Waals surface area contributed by atoms with Gasteiger partial charge in [0.15, 0.2) is 11.4 Å². The number of nitrogens with one attached hydrogen (secondary N) is 1. The molecule has 1 aliphatic heterocycles. The van der Waals surface area contributed by atoms with Gasteiger partial charge in [-0.1, -0.05) is 49.2 Å². The summed E-state index contributed by atoms with van der Waals surface area (Å²) in [7, 11) is 0. The van der Waals surface area contributed by atoms with Crippen LogP contribution in [0.4, 0.5) is 5.69 Å². The largest absolute Gasteiger partial charge is 0.375 e. The molecule has 0 saturated carbocycles. The summed E-state index contributed by atoms with van der Waals surface area (Å²) < 4.78 is 0. The minimum atomic E-state index is -2.02. The molecule has 2 N–H and O–H groups in total. The number of hydrogen-bond donors (Lipinski definition) is 2. The van der Waals surface area contributed by atoms with E-state index in [1.165, 1.54) is 12.1 Å². The molecular weight excluding hydrogens is 373 g/mol. The first-order valence-corrected chi connectivity index (χ1v) is 9.06. The predicted molar refractivity (Wildman–Crippen MR) is 103 cm³/mol. The molecule has 3 rings (SSSR count). The first-order chi connectivity index (χ1) is 12.1. The number of fused-ring (bicyclic) bond motifs is 1. The van der Waals surface area contributed by atoms with Crippen LogP contribution >= 0.6 is 23.2 Å². The Morgan fingerprint density at radius 2 is 1.92 bits per heavy atom. The van der Waals surface area contributed by atoms with Crippen LogP contribution in [0.2, 0.25) is 10.0 Å². The summed E-state index contributed by atoms with van der Waals surface area (Å²) in [5.41, 5.74) is 0.816. The molecule has 136 valence electrons. The average Bonchev–Trinajstić information content (AvgIpc) is 2.77. The standard InChI is InChI=1S/C20H19Cl2NO3/c1-10(2)12-5-4-11(3)14(6-12)17(24)9-20(26)18-15(22)7-13(21)8-16(18)23-19(20)25/h4-8,10,26H,9H2,1-3H3,(H,23,25). The lowest BCUT2D eigenvalue weighted by molar-refractivity contribution is -0.133. The van der Waals surface area contributed by atoms with Crippen LogP contribution in [0.25, 0.3) is 0 Å². The lowest BCUT2D eigenvalue weighted by Gasteiger charge is -2.22. The van der Waals surface area contributed by atoms with E-state index in [0.717, 1.165) is 11.1 Å². The number of ketones is 1. The lowest BCUT2D eigenvalue weighted by atomic mass is 9.86. The summed E-state index contributed by atoms with van der Waals surface area (Å²) >= 11 is 12.2. The van der Waals surface area contributed by atoms with Crippen LogP contribution in [0.15, 0.2) is 30.3 Å². The molecule has 0 bridgehead atoms. The molecule has 2 aromatic rings. The van der Waals surface area contributed by atoms with Crippen LogP contribution in [-0.4, -0.2) is 16.8 Å². The van der Waals surface area contributed by atoms with Crippen molar-refractivity contribution in [2.24, 2.45) is 0 Å². The second kappa shape index (κ2) is 6.69. The minimum Gasteiger partial charge on any atom is -0.375 e. The zero-order valence-electron chi connectivity index (χ0n) is 14.7. The summed E-state index contributed by atoms with van der Waals surface area (Å²) in [6.45, 7) is 5.91. The molecule has 0 fully saturated rings. The van der Waals surface area contributed by atoms with Crippen LogP contribution in [0.5, 0.6) is 0 Å². The van der Waals surface area contributed by atoms with Crippen molar-refractivity contribution in [3.8, 4) is 0 Å². The number of aryl methyl sites for hydroxylation is 1. The molecule has 1 heterocycles. The third kappa shape index (κ3) is 3.13. The highest BCUT2D eigenvalue weighted by Gasteiger charge is 2.48. The number of carbonyl (C=O) groups is 2. The van der Waals surface area contributed by atoms with Gasteiger partial charge in [0.1, 0.15) is 0 Å². The topological polar surface area (TPSA) is 66.4 Å². The summed E-state index contributed by atoms with van der Waals surface area (Å²) in [6, 6.07) is 8.63. The van der Waals surface area contributed by atoms with Crippen LogP contribution < -0.4 is 5.32 Å². The van der Waals surface area contributed by atoms with Gasteiger partial charge in [0.05, 0.1) is 17.1 Å². The maximum Gasteiger partial charge on any atom is 0.261 e. The molecule has 0 spiro atoms. The van der Waals surface area contributed by atoms with Gasteiger partial charge in [-0.3, -0.25) is 9.59 Å². The van der Waals surface area contributed by atoms with E-state index in [4.69, 9.17) is 23.2 Å². The SMILES string of the molecule is Cc1ccc(C(C)C)cc1C(=O)CC1(O)C(=O)Nc2cc(Cl)cc(Cl)c21. The predicted octanol–water partition coefficient (Wildman–Crippen LogP) is 4.84. The van der Waals surface area contributed by atoms with Crippen LogP contribution in [-0.2, 0) is 10.4 Å². The monoisotopic (exact) mass is 391 g/mol. The van der Waals surface area contributed by atoms with Crippen molar-refractivity contribution >= 4 is 40.6 Å². The number of anilines is 1. The van der Waals surface area contributed by atoms with E-state index in [9.17, 15) is 14.7 Å². The summed E-state index contributed by atoms with van der Waals surface area (Å²) in [6.07, 6.45) is -0.393. The second-order valence-electron chi connectivity index (χ2n) is 6.95. The molecule has 0 radical (unpaired) electrons. The maximum atomic E-state index is 12.9. The van der Waals surface area contributed by atoms with Crippen molar-refractivity contribution in [1.82, 2.24) is 0 Å². The molecule has 0 saturated heterocycles. The van der Waals surface area contributed by atoms with E-state index >= 15 is 0 Å². The van der Waals surface area contributed by atoms with Crippen LogP contribution in [0.1, 0.15) is 53.2 Å². The van der Waals surface area contributed by atoms with Crippen molar-refractivity contribution in [2.45, 2.75) is 38.7 Å². The number of rotatable bonds is 4. The van der Waals surface area contributed by atoms with Gasteiger partial charge in [0, 0.05) is 16.1 Å². The quantitative estimate of drug-likeness (QED) is 0.732. The van der Waals surface area contributed by atoms with Crippen molar-refractivity contribution < 1.29 is 14.7 Å². The Bertz CT molecular complexity index is 924. The second-order valence-corrected chi connectivity index (χ2v) is 7.80. The Kier molecular flexibility index (Phi) is 4.86. The van der Waals surface area contributed by atoms with E-state index in [-0.39, 0.29) is 22.3 Å². The first kappa shape index (κ1) is 18.9. The van der Waals surface area contributed by atoms with Gasteiger partial charge in [-0.25, -0.2) is 0 Å². The van der Waals surface area contributed by atoms with Gasteiger partial charge in [0.2, 0.25) is 0 Å². The van der Waals surface area contributed by atoms with E-state index in [2.05, 4.69) is 5.32 Å². The van der Waals surface area contributed by atoms with Crippen molar-refractivity contribution in [2.75, 3.05) is 5.32 Å². The molecule has 1 amide bonds. The molecule has 2 aromatic carbocycles. The number of Topliss-reactive ketones (excluding diaryl/α,β-unsaturated/α-hetero) is 1. The van der Waals surface area contributed by atoms with Gasteiger partial charge in [-0.05, 0) is 42.2 Å². The van der Waals surface area contributed by atoms with Crippen molar-refractivity contribution in [3.63, 3.8) is 0 Å². The van der Waals surface area contributed by atoms with Gasteiger partial charge >= 0.3 is 0 Å². The van der Waals surface area contributed by atoms with Gasteiger partial charge < -0.3 is 10.4 Å². The van der Waals surface area contributed by atoms with Crippen molar-refractivity contribution in [3.05, 3.63) is 62.6 Å². The Labute approximate surface area is 162 Å². The number of benzene rings is 2. The number of aliphatic hydroxyl groups is 1. The highest BCUT2D eigenvalue weighted by molar-refractivity contribution is 6.36. The van der Waals surface area contributed by atoms with E-state index in [1.807, 2.05) is 39.0 Å². The van der Waals surface area contributed by atoms with E-state index < -0.39 is 17.9 Å². The summed E-state index contributed by atoms with van der Waals surface area (Å²) in [4.78, 5) is 25.4. The average molecular weight is 392 g/mol. The molecule has 1 atom stereocenters. The van der Waals surface area contributed by atoms with Crippen LogP contribution in [0, 0.1) is 6.92 Å². The zero-order valence-corrected chi connectivity index (χ0v) is 16.2. The highest BCUT2D eigenvalue weighted by atomic mass is 35.5. The Morgan fingerprint density at radius 1 is 1.23 bits per heavy atom. The third-order valence-corrected chi connectivity index (χ3v) is 5.25. The first-order valence-electron chi connectivity index (χ1n) is 8.30. The molecule has 0 aliphatic carbocycles. The Morgan fingerprint density at radius 3 is 2.58 bits per heavy atom.